The van der Waals surface area contributed by atoms with Crippen molar-refractivity contribution < 1.29 is 14.4 Å². The molecule has 4 heteroatoms. The monoisotopic (exact) mass is 367 g/mol. The van der Waals surface area contributed by atoms with Crippen molar-refractivity contribution in [3.8, 4) is 11.5 Å². The number of rotatable bonds is 8. The minimum absolute atomic E-state index is 0.270. The van der Waals surface area contributed by atoms with Gasteiger partial charge in [-0.3, -0.25) is 0 Å². The van der Waals surface area contributed by atoms with Crippen LogP contribution in [0.1, 0.15) is 17.2 Å². The highest BCUT2D eigenvalue weighted by molar-refractivity contribution is 5.65. The van der Waals surface area contributed by atoms with Crippen molar-refractivity contribution in [2.45, 2.75) is 6.04 Å². The Morgan fingerprint density at radius 1 is 0.889 bits per heavy atom. The van der Waals surface area contributed by atoms with Crippen LogP contribution >= 0.6 is 0 Å². The van der Waals surface area contributed by atoms with E-state index in [2.05, 4.69) is 75.6 Å². The van der Waals surface area contributed by atoms with Crippen molar-refractivity contribution >= 4 is 5.70 Å². The highest BCUT2D eigenvalue weighted by Crippen LogP contribution is 2.21. The minimum atomic E-state index is 0.270. The Balaban J connectivity index is 2.25. The lowest BCUT2D eigenvalue weighted by Gasteiger charge is -2.19. The zero-order chi connectivity index (χ0) is 19.8. The van der Waals surface area contributed by atoms with Gasteiger partial charge in [-0.05, 0) is 66.2 Å². The van der Waals surface area contributed by atoms with E-state index in [0.717, 1.165) is 22.8 Å². The number of allylic oxidation sites excluding steroid dienone is 2. The third-order valence-corrected chi connectivity index (χ3v) is 4.52. The molecule has 0 spiro atoms. The number of hydrogen-bond donors (Lipinski definition) is 1. The normalized spacial score (nSPS) is 13.1. The fraction of sp³-hybridized carbons (Fsp3) is 0.304. The third kappa shape index (κ3) is 5.63. The van der Waals surface area contributed by atoms with Gasteiger partial charge in [0.15, 0.2) is 0 Å². The Bertz CT molecular complexity index is 760. The second-order valence-corrected chi connectivity index (χ2v) is 6.89. The van der Waals surface area contributed by atoms with Crippen LogP contribution in [0.5, 0.6) is 11.5 Å². The average Bonchev–Trinajstić information content (AvgIpc) is 2.68. The lowest BCUT2D eigenvalue weighted by Crippen LogP contribution is -3.05. The number of benzene rings is 2. The highest BCUT2D eigenvalue weighted by Gasteiger charge is 2.14. The van der Waals surface area contributed by atoms with Gasteiger partial charge in [-0.25, -0.2) is 0 Å². The van der Waals surface area contributed by atoms with E-state index in [-0.39, 0.29) is 6.04 Å². The first-order valence-corrected chi connectivity index (χ1v) is 9.10. The Hall–Kier alpha value is -2.72. The fourth-order valence-corrected chi connectivity index (χ4v) is 2.97. The van der Waals surface area contributed by atoms with Gasteiger partial charge in [-0.15, -0.1) is 0 Å². The molecule has 0 amide bonds. The Kier molecular flexibility index (Phi) is 7.50. The van der Waals surface area contributed by atoms with Crippen LogP contribution in [0.25, 0.3) is 5.70 Å². The Morgan fingerprint density at radius 3 is 1.85 bits per heavy atom. The SMILES string of the molecule is COc1ccc(/C(=C/C=C/C(c2ccc(OC)cc2)[NH+](C)C)N(C)C)cc1. The second kappa shape index (κ2) is 9.83. The van der Waals surface area contributed by atoms with E-state index < -0.39 is 0 Å². The summed E-state index contributed by atoms with van der Waals surface area (Å²) in [6, 6.07) is 16.7. The van der Waals surface area contributed by atoms with Gasteiger partial charge in [0.2, 0.25) is 0 Å². The van der Waals surface area contributed by atoms with E-state index in [0.29, 0.717) is 0 Å². The zero-order valence-electron chi connectivity index (χ0n) is 17.2. The van der Waals surface area contributed by atoms with Crippen molar-refractivity contribution in [2.75, 3.05) is 42.4 Å². The number of likely N-dealkylation sites (N-methyl/N-ethyl adjacent to an activating group) is 1. The quantitative estimate of drug-likeness (QED) is 0.727. The van der Waals surface area contributed by atoms with Gasteiger partial charge in [0, 0.05) is 25.4 Å². The molecule has 1 N–H and O–H groups in total. The molecule has 1 unspecified atom stereocenters. The van der Waals surface area contributed by atoms with E-state index in [9.17, 15) is 0 Å². The number of hydrogen-bond acceptors (Lipinski definition) is 3. The van der Waals surface area contributed by atoms with Crippen LogP contribution in [0.15, 0.2) is 66.8 Å². The molecule has 2 rings (SSSR count). The first kappa shape index (κ1) is 20.6. The van der Waals surface area contributed by atoms with E-state index >= 15 is 0 Å². The maximum absolute atomic E-state index is 5.27. The van der Waals surface area contributed by atoms with Crippen LogP contribution in [0.4, 0.5) is 0 Å². The van der Waals surface area contributed by atoms with Crippen LogP contribution in [0, 0.1) is 0 Å². The second-order valence-electron chi connectivity index (χ2n) is 6.89. The Morgan fingerprint density at radius 2 is 1.41 bits per heavy atom. The van der Waals surface area contributed by atoms with Crippen molar-refractivity contribution in [1.82, 2.24) is 4.90 Å². The van der Waals surface area contributed by atoms with Crippen LogP contribution in [-0.2, 0) is 0 Å². The molecule has 0 aliphatic heterocycles. The van der Waals surface area contributed by atoms with E-state index in [1.807, 2.05) is 24.3 Å². The number of ether oxygens (including phenoxy) is 2. The summed E-state index contributed by atoms with van der Waals surface area (Å²) in [4.78, 5) is 3.47. The largest absolute Gasteiger partial charge is 0.497 e. The summed E-state index contributed by atoms with van der Waals surface area (Å²) in [7, 11) is 11.8. The van der Waals surface area contributed by atoms with Crippen molar-refractivity contribution in [3.05, 3.63) is 77.9 Å². The molecule has 4 nitrogen and oxygen atoms in total. The lowest BCUT2D eigenvalue weighted by atomic mass is 10.0. The van der Waals surface area contributed by atoms with E-state index in [1.54, 1.807) is 14.2 Å². The summed E-state index contributed by atoms with van der Waals surface area (Å²) in [6.07, 6.45) is 6.53. The first-order valence-electron chi connectivity index (χ1n) is 9.10. The summed E-state index contributed by atoms with van der Waals surface area (Å²) < 4.78 is 10.5. The smallest absolute Gasteiger partial charge is 0.132 e. The molecular weight excluding hydrogens is 336 g/mol. The molecule has 27 heavy (non-hydrogen) atoms. The van der Waals surface area contributed by atoms with Crippen molar-refractivity contribution in [2.24, 2.45) is 0 Å². The van der Waals surface area contributed by atoms with Crippen molar-refractivity contribution in [3.63, 3.8) is 0 Å². The van der Waals surface area contributed by atoms with Gasteiger partial charge in [-0.2, -0.15) is 0 Å². The molecule has 0 aromatic heterocycles. The number of nitrogens with one attached hydrogen (secondary N) is 1. The van der Waals surface area contributed by atoms with Crippen LogP contribution in [0.3, 0.4) is 0 Å². The van der Waals surface area contributed by atoms with Crippen molar-refractivity contribution in [1.29, 1.82) is 0 Å². The summed E-state index contributed by atoms with van der Waals surface area (Å²) in [5.74, 6) is 1.74. The standard InChI is InChI=1S/C23H30N2O2/c1-24(2)22(18-10-14-20(26-5)15-11-18)8-7-9-23(25(3)4)19-12-16-21(27-6)17-13-19/h7-17,22H,1-6H3/p+1/b8-7+,23-9-. The van der Waals surface area contributed by atoms with E-state index in [4.69, 9.17) is 9.47 Å². The van der Waals surface area contributed by atoms with Gasteiger partial charge >= 0.3 is 0 Å². The molecule has 0 aliphatic rings. The summed E-state index contributed by atoms with van der Waals surface area (Å²) in [5, 5.41) is 0. The van der Waals surface area contributed by atoms with Gasteiger partial charge in [0.1, 0.15) is 17.5 Å². The van der Waals surface area contributed by atoms with Gasteiger partial charge in [0.25, 0.3) is 0 Å². The van der Waals surface area contributed by atoms with Gasteiger partial charge in [-0.1, -0.05) is 6.08 Å². The van der Waals surface area contributed by atoms with E-state index in [1.165, 1.54) is 10.5 Å². The Labute approximate surface area is 163 Å². The molecule has 2 aromatic carbocycles. The molecule has 1 atom stereocenters. The number of quaternary nitrogens is 1. The number of nitrogens with zero attached hydrogens (tertiary/aromatic N) is 1. The third-order valence-electron chi connectivity index (χ3n) is 4.52. The topological polar surface area (TPSA) is 26.1 Å². The van der Waals surface area contributed by atoms with Gasteiger partial charge < -0.3 is 19.3 Å². The zero-order valence-corrected chi connectivity index (χ0v) is 17.2. The summed E-state index contributed by atoms with van der Waals surface area (Å²) in [5.41, 5.74) is 3.57. The molecule has 144 valence electrons. The summed E-state index contributed by atoms with van der Waals surface area (Å²) >= 11 is 0. The molecule has 0 aliphatic carbocycles. The minimum Gasteiger partial charge on any atom is -0.497 e. The maximum atomic E-state index is 5.27. The van der Waals surface area contributed by atoms with Crippen LogP contribution < -0.4 is 14.4 Å². The van der Waals surface area contributed by atoms with Gasteiger partial charge in [0.05, 0.1) is 28.3 Å². The molecule has 0 bridgehead atoms. The summed E-state index contributed by atoms with van der Waals surface area (Å²) in [6.45, 7) is 0. The fourth-order valence-electron chi connectivity index (χ4n) is 2.97. The molecule has 0 radical (unpaired) electrons. The average molecular weight is 368 g/mol. The molecule has 0 saturated heterocycles. The highest BCUT2D eigenvalue weighted by atomic mass is 16.5. The predicted molar refractivity (Wildman–Crippen MR) is 112 cm³/mol. The molecule has 2 aromatic rings. The lowest BCUT2D eigenvalue weighted by molar-refractivity contribution is -0.884. The van der Waals surface area contributed by atoms with Crippen LogP contribution in [0.2, 0.25) is 0 Å². The molecule has 0 saturated carbocycles. The van der Waals surface area contributed by atoms with Crippen LogP contribution in [-0.4, -0.2) is 47.3 Å². The molecule has 0 fully saturated rings. The molecule has 0 heterocycles. The predicted octanol–water partition coefficient (Wildman–Crippen LogP) is 3.05. The number of methoxy groups -OCH3 is 2. The molecular formula is C23H31N2O2+. The maximum Gasteiger partial charge on any atom is 0.132 e. The first-order chi connectivity index (χ1) is 13.0.